The van der Waals surface area contributed by atoms with Gasteiger partial charge in [-0.3, -0.25) is 14.7 Å². The van der Waals surface area contributed by atoms with Crippen LogP contribution in [-0.2, 0) is 4.79 Å². The molecular weight excluding hydrogens is 434 g/mol. The Morgan fingerprint density at radius 2 is 1.40 bits per heavy atom. The summed E-state index contributed by atoms with van der Waals surface area (Å²) in [6.07, 6.45) is 0. The smallest absolute Gasteiger partial charge is 0.243 e. The number of rotatable bonds is 8. The van der Waals surface area contributed by atoms with Gasteiger partial charge in [0.25, 0.3) is 0 Å². The molecule has 1 aliphatic heterocycles. The predicted molar refractivity (Wildman–Crippen MR) is 145 cm³/mol. The number of likely N-dealkylation sites (N-methyl/N-ethyl adjacent to an activating group) is 1. The second kappa shape index (κ2) is 11.4. The van der Waals surface area contributed by atoms with E-state index < -0.39 is 0 Å². The van der Waals surface area contributed by atoms with Crippen LogP contribution in [0.3, 0.4) is 0 Å². The van der Waals surface area contributed by atoms with Gasteiger partial charge in [-0.15, -0.1) is 0 Å². The van der Waals surface area contributed by atoms with E-state index in [4.69, 9.17) is 0 Å². The molecule has 6 nitrogen and oxygen atoms in total. The van der Waals surface area contributed by atoms with Gasteiger partial charge in [-0.1, -0.05) is 66.7 Å². The quantitative estimate of drug-likeness (QED) is 0.479. The van der Waals surface area contributed by atoms with Gasteiger partial charge in [0.15, 0.2) is 0 Å². The average molecular weight is 472 g/mol. The summed E-state index contributed by atoms with van der Waals surface area (Å²) in [5.41, 5.74) is 8.84. The third kappa shape index (κ3) is 5.50. The lowest BCUT2D eigenvalue weighted by Gasteiger charge is -2.41. The number of anilines is 2. The first-order valence-corrected chi connectivity index (χ1v) is 12.4. The average Bonchev–Trinajstić information content (AvgIpc) is 2.93. The van der Waals surface area contributed by atoms with Crippen molar-refractivity contribution < 1.29 is 4.79 Å². The maximum atomic E-state index is 12.7. The molecule has 4 rings (SSSR count). The highest BCUT2D eigenvalue weighted by atomic mass is 16.2. The Kier molecular flexibility index (Phi) is 8.06. The maximum absolute atomic E-state index is 12.7. The number of hydrogen-bond acceptors (Lipinski definition) is 5. The minimum atomic E-state index is -0.223. The van der Waals surface area contributed by atoms with Gasteiger partial charge in [-0.05, 0) is 35.7 Å². The Hall–Kier alpha value is -3.35. The van der Waals surface area contributed by atoms with Gasteiger partial charge in [0.2, 0.25) is 5.91 Å². The molecule has 0 aliphatic carbocycles. The molecule has 0 saturated carbocycles. The highest BCUT2D eigenvalue weighted by molar-refractivity contribution is 5.84. The van der Waals surface area contributed by atoms with Crippen molar-refractivity contribution in [1.29, 1.82) is 0 Å². The molecule has 3 aromatic carbocycles. The number of nitrogens with zero attached hydrogens (tertiary/aromatic N) is 3. The number of hydrazine groups is 1. The van der Waals surface area contributed by atoms with Crippen LogP contribution in [0.5, 0.6) is 0 Å². The summed E-state index contributed by atoms with van der Waals surface area (Å²) in [5, 5.41) is 4.89. The number of nitrogens with one attached hydrogen (secondary N) is 2. The zero-order chi connectivity index (χ0) is 24.8. The predicted octanol–water partition coefficient (Wildman–Crippen LogP) is 4.34. The third-order valence-electron chi connectivity index (χ3n) is 7.08. The van der Waals surface area contributed by atoms with Crippen LogP contribution in [0.25, 0.3) is 0 Å². The molecule has 3 aromatic rings. The molecule has 0 bridgehead atoms. The molecule has 1 aliphatic rings. The van der Waals surface area contributed by atoms with E-state index in [-0.39, 0.29) is 17.9 Å². The second-order valence-electron chi connectivity index (χ2n) is 9.12. The van der Waals surface area contributed by atoms with Crippen LogP contribution in [0, 0.1) is 0 Å². The van der Waals surface area contributed by atoms with E-state index in [1.54, 1.807) is 19.1 Å². The molecule has 1 fully saturated rings. The summed E-state index contributed by atoms with van der Waals surface area (Å²) in [6, 6.07) is 28.1. The van der Waals surface area contributed by atoms with Crippen molar-refractivity contribution >= 4 is 17.3 Å². The second-order valence-corrected chi connectivity index (χ2v) is 9.12. The van der Waals surface area contributed by atoms with Gasteiger partial charge in [0.1, 0.15) is 0 Å². The molecule has 0 spiro atoms. The number of carbonyl (C=O) groups excluding carboxylic acids is 1. The van der Waals surface area contributed by atoms with Crippen LogP contribution in [0.1, 0.15) is 35.6 Å². The Labute approximate surface area is 209 Å². The fraction of sp³-hybridized carbons (Fsp3) is 0.345. The fourth-order valence-corrected chi connectivity index (χ4v) is 4.94. The van der Waals surface area contributed by atoms with Crippen LogP contribution in [0.2, 0.25) is 0 Å². The first-order valence-electron chi connectivity index (χ1n) is 12.4. The SMILES string of the molecule is CNc1ccc(C(C)C(=O)N(C)NC)cc1N1CCN(C(c2ccccc2)c2ccccc2)CC1. The summed E-state index contributed by atoms with van der Waals surface area (Å²) in [5.74, 6) is -0.173. The Bertz CT molecular complexity index is 1060. The van der Waals surface area contributed by atoms with E-state index in [1.165, 1.54) is 11.1 Å². The molecule has 2 N–H and O–H groups in total. The molecule has 1 amide bonds. The minimum Gasteiger partial charge on any atom is -0.386 e. The fourth-order valence-electron chi connectivity index (χ4n) is 4.94. The molecule has 6 heteroatoms. The molecule has 1 heterocycles. The molecule has 1 unspecified atom stereocenters. The molecular formula is C29H37N5O. The van der Waals surface area contributed by atoms with Crippen molar-refractivity contribution in [3.63, 3.8) is 0 Å². The molecule has 184 valence electrons. The number of carbonyl (C=O) groups is 1. The summed E-state index contributed by atoms with van der Waals surface area (Å²) in [6.45, 7) is 5.73. The minimum absolute atomic E-state index is 0.0500. The molecule has 0 radical (unpaired) electrons. The first kappa shape index (κ1) is 24.8. The number of benzene rings is 3. The van der Waals surface area contributed by atoms with Gasteiger partial charge in [0.05, 0.1) is 23.3 Å². The van der Waals surface area contributed by atoms with Crippen LogP contribution >= 0.6 is 0 Å². The summed E-state index contributed by atoms with van der Waals surface area (Å²) < 4.78 is 0. The van der Waals surface area contributed by atoms with E-state index in [1.807, 2.05) is 14.0 Å². The molecule has 1 atom stereocenters. The third-order valence-corrected chi connectivity index (χ3v) is 7.08. The Morgan fingerprint density at radius 1 is 0.829 bits per heavy atom. The number of amides is 1. The Balaban J connectivity index is 1.55. The monoisotopic (exact) mass is 471 g/mol. The van der Waals surface area contributed by atoms with E-state index in [9.17, 15) is 4.79 Å². The number of hydrogen-bond donors (Lipinski definition) is 2. The van der Waals surface area contributed by atoms with Gasteiger partial charge in [-0.2, -0.15) is 0 Å². The largest absolute Gasteiger partial charge is 0.386 e. The van der Waals surface area contributed by atoms with E-state index in [2.05, 4.69) is 99.4 Å². The van der Waals surface area contributed by atoms with E-state index in [0.29, 0.717) is 0 Å². The van der Waals surface area contributed by atoms with Gasteiger partial charge in [-0.25, -0.2) is 5.43 Å². The van der Waals surface area contributed by atoms with Crippen LogP contribution in [-0.4, -0.2) is 63.1 Å². The number of piperazine rings is 1. The van der Waals surface area contributed by atoms with Gasteiger partial charge in [0, 0.05) is 47.3 Å². The van der Waals surface area contributed by atoms with Crippen molar-refractivity contribution in [2.75, 3.05) is 57.5 Å². The van der Waals surface area contributed by atoms with Crippen molar-refractivity contribution in [2.24, 2.45) is 0 Å². The van der Waals surface area contributed by atoms with Crippen LogP contribution < -0.4 is 15.6 Å². The normalized spacial score (nSPS) is 15.2. The van der Waals surface area contributed by atoms with Crippen LogP contribution in [0.15, 0.2) is 78.9 Å². The summed E-state index contributed by atoms with van der Waals surface area (Å²) >= 11 is 0. The van der Waals surface area contributed by atoms with Crippen molar-refractivity contribution in [3.05, 3.63) is 95.6 Å². The standard InChI is InChI=1S/C29H37N5O/c1-22(29(35)32(4)31-3)25-15-16-26(30-2)27(21-25)33-17-19-34(20-18-33)28(23-11-7-5-8-12-23)24-13-9-6-10-14-24/h5-16,21-22,28,30-31H,17-20H2,1-4H3. The highest BCUT2D eigenvalue weighted by Gasteiger charge is 2.28. The lowest BCUT2D eigenvalue weighted by molar-refractivity contribution is -0.133. The Morgan fingerprint density at radius 3 is 1.91 bits per heavy atom. The molecule has 35 heavy (non-hydrogen) atoms. The zero-order valence-corrected chi connectivity index (χ0v) is 21.2. The van der Waals surface area contributed by atoms with Gasteiger partial charge < -0.3 is 10.2 Å². The molecule has 1 saturated heterocycles. The highest BCUT2D eigenvalue weighted by Crippen LogP contribution is 2.34. The van der Waals surface area contributed by atoms with Crippen molar-refractivity contribution in [3.8, 4) is 0 Å². The van der Waals surface area contributed by atoms with Crippen molar-refractivity contribution in [1.82, 2.24) is 15.3 Å². The summed E-state index contributed by atoms with van der Waals surface area (Å²) in [7, 11) is 5.48. The summed E-state index contributed by atoms with van der Waals surface area (Å²) in [4.78, 5) is 17.8. The topological polar surface area (TPSA) is 50.9 Å². The lowest BCUT2D eigenvalue weighted by atomic mass is 9.96. The first-order chi connectivity index (χ1) is 17.0. The maximum Gasteiger partial charge on any atom is 0.243 e. The van der Waals surface area contributed by atoms with E-state index in [0.717, 1.165) is 43.1 Å². The van der Waals surface area contributed by atoms with Crippen LogP contribution in [0.4, 0.5) is 11.4 Å². The van der Waals surface area contributed by atoms with Crippen molar-refractivity contribution in [2.45, 2.75) is 18.9 Å². The molecule has 0 aromatic heterocycles. The van der Waals surface area contributed by atoms with Gasteiger partial charge >= 0.3 is 0 Å². The van der Waals surface area contributed by atoms with E-state index >= 15 is 0 Å². The zero-order valence-electron chi connectivity index (χ0n) is 21.2. The lowest BCUT2D eigenvalue weighted by Crippen LogP contribution is -2.48.